The molecule has 13 heteroatoms. The molecule has 0 aliphatic carbocycles. The number of hydrogen-bond donors (Lipinski definition) is 2. The van der Waals surface area contributed by atoms with Gasteiger partial charge < -0.3 is 24.8 Å². The van der Waals surface area contributed by atoms with E-state index in [1.807, 2.05) is 29.2 Å². The van der Waals surface area contributed by atoms with Crippen molar-refractivity contribution in [3.63, 3.8) is 0 Å². The zero-order valence-corrected chi connectivity index (χ0v) is 25.9. The SMILES string of the molecule is CC(C)(C)OC(=O)N1CC(C(=O)N[C@H](Cc2ccc(Cl)cc2)C(=O)N2CCN(c3ccccc3NS(C)(=O)=O)CC2)C1. The fraction of sp³-hybridized carbons (Fsp3) is 0.483. The minimum absolute atomic E-state index is 0.205. The summed E-state index contributed by atoms with van der Waals surface area (Å²) in [5, 5.41) is 3.51. The number of ether oxygens (including phenoxy) is 1. The van der Waals surface area contributed by atoms with Crippen molar-refractivity contribution in [1.29, 1.82) is 0 Å². The van der Waals surface area contributed by atoms with Gasteiger partial charge in [0, 0.05) is 50.7 Å². The van der Waals surface area contributed by atoms with Gasteiger partial charge in [-0.05, 0) is 50.6 Å². The number of carbonyl (C=O) groups is 3. The third kappa shape index (κ3) is 8.51. The topological polar surface area (TPSA) is 128 Å². The van der Waals surface area contributed by atoms with Crippen molar-refractivity contribution in [2.75, 3.05) is 55.1 Å². The lowest BCUT2D eigenvalue weighted by molar-refractivity contribution is -0.139. The first-order chi connectivity index (χ1) is 19.7. The molecule has 2 saturated heterocycles. The van der Waals surface area contributed by atoms with Crippen LogP contribution >= 0.6 is 11.6 Å². The van der Waals surface area contributed by atoms with E-state index in [-0.39, 0.29) is 31.3 Å². The molecule has 42 heavy (non-hydrogen) atoms. The van der Waals surface area contributed by atoms with Crippen LogP contribution in [0.5, 0.6) is 0 Å². The molecule has 0 spiro atoms. The fourth-order valence-corrected chi connectivity index (χ4v) is 5.59. The number of piperazine rings is 1. The van der Waals surface area contributed by atoms with Gasteiger partial charge in [-0.25, -0.2) is 13.2 Å². The third-order valence-electron chi connectivity index (χ3n) is 7.00. The summed E-state index contributed by atoms with van der Waals surface area (Å²) in [6.45, 7) is 7.58. The highest BCUT2D eigenvalue weighted by Crippen LogP contribution is 2.28. The minimum atomic E-state index is -3.46. The van der Waals surface area contributed by atoms with Gasteiger partial charge in [0.1, 0.15) is 11.6 Å². The van der Waals surface area contributed by atoms with E-state index in [1.54, 1.807) is 49.9 Å². The second-order valence-electron chi connectivity index (χ2n) is 11.7. The van der Waals surface area contributed by atoms with Crippen LogP contribution in [0.3, 0.4) is 0 Å². The molecular formula is C29H38ClN5O6S. The molecule has 0 bridgehead atoms. The Morgan fingerprint density at radius 1 is 0.976 bits per heavy atom. The number of sulfonamides is 1. The number of hydrogen-bond acceptors (Lipinski definition) is 7. The van der Waals surface area contributed by atoms with Crippen LogP contribution in [-0.2, 0) is 30.8 Å². The number of benzene rings is 2. The van der Waals surface area contributed by atoms with Crippen molar-refractivity contribution >= 4 is 50.9 Å². The number of carbonyl (C=O) groups excluding carboxylic acids is 3. The summed E-state index contributed by atoms with van der Waals surface area (Å²) in [5.74, 6) is -0.931. The highest BCUT2D eigenvalue weighted by Gasteiger charge is 2.39. The van der Waals surface area contributed by atoms with Crippen LogP contribution in [-0.4, -0.2) is 93.3 Å². The standard InChI is InChI=1S/C29H38ClN5O6S/c1-29(2,3)41-28(38)35-18-21(19-35)26(36)31-24(17-20-9-11-22(30)12-10-20)27(37)34-15-13-33(14-16-34)25-8-6-5-7-23(25)32-42(4,39)40/h5-12,21,24,32H,13-19H2,1-4H3,(H,31,36)/t24-/m1/s1. The Kier molecular flexibility index (Phi) is 9.56. The normalized spacial score (nSPS) is 16.8. The first-order valence-corrected chi connectivity index (χ1v) is 16.1. The molecule has 0 unspecified atom stereocenters. The molecule has 228 valence electrons. The Bertz CT molecular complexity index is 1400. The highest BCUT2D eigenvalue weighted by molar-refractivity contribution is 7.92. The molecule has 4 rings (SSSR count). The van der Waals surface area contributed by atoms with Gasteiger partial charge in [0.25, 0.3) is 0 Å². The van der Waals surface area contributed by atoms with Crippen molar-refractivity contribution in [3.05, 3.63) is 59.1 Å². The number of para-hydroxylation sites is 2. The van der Waals surface area contributed by atoms with Crippen molar-refractivity contribution in [1.82, 2.24) is 15.1 Å². The highest BCUT2D eigenvalue weighted by atomic mass is 35.5. The van der Waals surface area contributed by atoms with Crippen LogP contribution in [0.4, 0.5) is 16.2 Å². The van der Waals surface area contributed by atoms with Gasteiger partial charge in [-0.15, -0.1) is 0 Å². The lowest BCUT2D eigenvalue weighted by atomic mass is 9.98. The van der Waals surface area contributed by atoms with Crippen molar-refractivity contribution in [2.45, 2.75) is 38.8 Å². The molecule has 11 nitrogen and oxygen atoms in total. The molecule has 2 heterocycles. The number of amides is 3. The molecule has 0 aromatic heterocycles. The molecule has 2 aromatic rings. The van der Waals surface area contributed by atoms with E-state index in [4.69, 9.17) is 16.3 Å². The number of anilines is 2. The molecule has 2 aliphatic rings. The van der Waals surface area contributed by atoms with Crippen LogP contribution in [0.15, 0.2) is 48.5 Å². The minimum Gasteiger partial charge on any atom is -0.444 e. The summed E-state index contributed by atoms with van der Waals surface area (Å²) in [6, 6.07) is 13.5. The van der Waals surface area contributed by atoms with Gasteiger partial charge in [-0.3, -0.25) is 14.3 Å². The number of likely N-dealkylation sites (tertiary alicyclic amines) is 1. The molecule has 2 aromatic carbocycles. The quantitative estimate of drug-likeness (QED) is 0.465. The van der Waals surface area contributed by atoms with Crippen LogP contribution in [0.2, 0.25) is 5.02 Å². The molecule has 0 saturated carbocycles. The fourth-order valence-electron chi connectivity index (χ4n) is 4.89. The molecule has 0 radical (unpaired) electrons. The summed E-state index contributed by atoms with van der Waals surface area (Å²) in [7, 11) is -3.46. The van der Waals surface area contributed by atoms with Gasteiger partial charge in [0.05, 0.1) is 23.5 Å². The second-order valence-corrected chi connectivity index (χ2v) is 13.9. The van der Waals surface area contributed by atoms with E-state index in [1.165, 1.54) is 4.90 Å². The Morgan fingerprint density at radius 2 is 1.60 bits per heavy atom. The van der Waals surface area contributed by atoms with E-state index < -0.39 is 33.7 Å². The summed E-state index contributed by atoms with van der Waals surface area (Å²) < 4.78 is 31.6. The van der Waals surface area contributed by atoms with Gasteiger partial charge in [0.2, 0.25) is 21.8 Å². The Hall–Kier alpha value is -3.51. The number of halogens is 1. The zero-order chi connectivity index (χ0) is 30.7. The summed E-state index contributed by atoms with van der Waals surface area (Å²) >= 11 is 6.04. The molecule has 2 aliphatic heterocycles. The maximum atomic E-state index is 13.8. The van der Waals surface area contributed by atoms with E-state index in [2.05, 4.69) is 10.0 Å². The number of nitrogens with one attached hydrogen (secondary N) is 2. The Balaban J connectivity index is 1.41. The predicted molar refractivity (Wildman–Crippen MR) is 162 cm³/mol. The summed E-state index contributed by atoms with van der Waals surface area (Å²) in [5.41, 5.74) is 1.44. The molecule has 1 atom stereocenters. The smallest absolute Gasteiger partial charge is 0.410 e. The van der Waals surface area contributed by atoms with Crippen molar-refractivity contribution < 1.29 is 27.5 Å². The first-order valence-electron chi connectivity index (χ1n) is 13.8. The van der Waals surface area contributed by atoms with Crippen molar-refractivity contribution in [2.24, 2.45) is 5.92 Å². The number of nitrogens with zero attached hydrogens (tertiary/aromatic N) is 3. The lowest BCUT2D eigenvalue weighted by Crippen LogP contribution is -2.60. The van der Waals surface area contributed by atoms with E-state index in [9.17, 15) is 22.8 Å². The van der Waals surface area contributed by atoms with Crippen LogP contribution in [0, 0.1) is 5.92 Å². The average molecular weight is 620 g/mol. The maximum Gasteiger partial charge on any atom is 0.410 e. The molecular weight excluding hydrogens is 582 g/mol. The summed E-state index contributed by atoms with van der Waals surface area (Å²) in [4.78, 5) is 44.4. The molecule has 3 amide bonds. The largest absolute Gasteiger partial charge is 0.444 e. The van der Waals surface area contributed by atoms with Crippen LogP contribution in [0.25, 0.3) is 0 Å². The van der Waals surface area contributed by atoms with Crippen LogP contribution in [0.1, 0.15) is 26.3 Å². The number of rotatable bonds is 8. The molecule has 2 fully saturated rings. The second kappa shape index (κ2) is 12.8. The van der Waals surface area contributed by atoms with E-state index in [0.29, 0.717) is 36.9 Å². The van der Waals surface area contributed by atoms with E-state index in [0.717, 1.165) is 17.5 Å². The predicted octanol–water partition coefficient (Wildman–Crippen LogP) is 2.95. The first kappa shape index (κ1) is 31.4. The van der Waals surface area contributed by atoms with Crippen LogP contribution < -0.4 is 14.9 Å². The van der Waals surface area contributed by atoms with Gasteiger partial charge in [-0.2, -0.15) is 0 Å². The van der Waals surface area contributed by atoms with Gasteiger partial charge >= 0.3 is 6.09 Å². The average Bonchev–Trinajstić information content (AvgIpc) is 2.87. The van der Waals surface area contributed by atoms with E-state index >= 15 is 0 Å². The maximum absolute atomic E-state index is 13.8. The Morgan fingerprint density at radius 3 is 2.19 bits per heavy atom. The summed E-state index contributed by atoms with van der Waals surface area (Å²) in [6.07, 6.45) is 0.922. The van der Waals surface area contributed by atoms with Gasteiger partial charge in [-0.1, -0.05) is 35.9 Å². The Labute approximate surface area is 252 Å². The monoisotopic (exact) mass is 619 g/mol. The third-order valence-corrected chi connectivity index (χ3v) is 7.85. The molecule has 2 N–H and O–H groups in total. The lowest BCUT2D eigenvalue weighted by Gasteiger charge is -2.40. The van der Waals surface area contributed by atoms with Gasteiger partial charge in [0.15, 0.2) is 0 Å². The zero-order valence-electron chi connectivity index (χ0n) is 24.3. The van der Waals surface area contributed by atoms with Crippen molar-refractivity contribution in [3.8, 4) is 0 Å².